The molecule has 1 atom stereocenters. The average Bonchev–Trinajstić information content (AvgIpc) is 2.32. The number of nitrogens with one attached hydrogen (secondary N) is 1. The first-order valence-corrected chi connectivity index (χ1v) is 7.60. The van der Waals surface area contributed by atoms with Crippen LogP contribution in [-0.4, -0.2) is 19.3 Å². The van der Waals surface area contributed by atoms with Gasteiger partial charge in [-0.3, -0.25) is 0 Å². The summed E-state index contributed by atoms with van der Waals surface area (Å²) >= 11 is 3.40. The van der Waals surface area contributed by atoms with E-state index < -0.39 is 0 Å². The van der Waals surface area contributed by atoms with Crippen LogP contribution in [0.3, 0.4) is 0 Å². The molecule has 1 N–H and O–H groups in total. The minimum atomic E-state index is -0.214. The highest BCUT2D eigenvalue weighted by Crippen LogP contribution is 2.24. The second kappa shape index (κ2) is 8.67. The van der Waals surface area contributed by atoms with Crippen molar-refractivity contribution in [3.8, 4) is 0 Å². The molecule has 0 amide bonds. The summed E-state index contributed by atoms with van der Waals surface area (Å²) in [5.74, 6) is -0.214. The first-order chi connectivity index (χ1) is 9.00. The molecule has 108 valence electrons. The number of halogens is 2. The molecule has 0 aliphatic rings. The van der Waals surface area contributed by atoms with Crippen molar-refractivity contribution in [1.82, 2.24) is 5.32 Å². The van der Waals surface area contributed by atoms with E-state index in [1.807, 2.05) is 19.9 Å². The second-order valence-electron chi connectivity index (χ2n) is 4.97. The summed E-state index contributed by atoms with van der Waals surface area (Å²) in [7, 11) is 0. The number of hydrogen-bond acceptors (Lipinski definition) is 2. The van der Waals surface area contributed by atoms with Crippen molar-refractivity contribution < 1.29 is 9.13 Å². The predicted molar refractivity (Wildman–Crippen MR) is 80.8 cm³/mol. The maximum atomic E-state index is 13.0. The Morgan fingerprint density at radius 2 is 2.00 bits per heavy atom. The van der Waals surface area contributed by atoms with E-state index in [1.54, 1.807) is 0 Å². The van der Waals surface area contributed by atoms with Gasteiger partial charge in [-0.1, -0.05) is 22.0 Å². The standard InChI is InChI=1S/C15H23BrFNO/c1-11(2)19-9-5-4-8-18-12(3)14-7-6-13(17)10-15(14)16/h6-7,10-12,18H,4-5,8-9H2,1-3H3. The Hall–Kier alpha value is -0.450. The van der Waals surface area contributed by atoms with Crippen LogP contribution in [0.4, 0.5) is 4.39 Å². The van der Waals surface area contributed by atoms with Crippen LogP contribution < -0.4 is 5.32 Å². The molecule has 0 spiro atoms. The first-order valence-electron chi connectivity index (χ1n) is 6.80. The Morgan fingerprint density at radius 3 is 2.63 bits per heavy atom. The molecule has 0 radical (unpaired) electrons. The lowest BCUT2D eigenvalue weighted by molar-refractivity contribution is 0.0759. The number of hydrogen-bond donors (Lipinski definition) is 1. The van der Waals surface area contributed by atoms with E-state index in [4.69, 9.17) is 4.74 Å². The molecule has 0 heterocycles. The molecule has 4 heteroatoms. The Morgan fingerprint density at radius 1 is 1.26 bits per heavy atom. The van der Waals surface area contributed by atoms with Gasteiger partial charge in [0.25, 0.3) is 0 Å². The van der Waals surface area contributed by atoms with Crippen molar-refractivity contribution in [3.05, 3.63) is 34.1 Å². The molecule has 1 aromatic rings. The molecular formula is C15H23BrFNO. The van der Waals surface area contributed by atoms with Crippen LogP contribution in [0.15, 0.2) is 22.7 Å². The molecule has 1 unspecified atom stereocenters. The minimum absolute atomic E-state index is 0.209. The van der Waals surface area contributed by atoms with Crippen LogP contribution in [0.25, 0.3) is 0 Å². The lowest BCUT2D eigenvalue weighted by Crippen LogP contribution is -2.20. The van der Waals surface area contributed by atoms with Crippen molar-refractivity contribution in [1.29, 1.82) is 0 Å². The molecule has 1 rings (SSSR count). The topological polar surface area (TPSA) is 21.3 Å². The summed E-state index contributed by atoms with van der Waals surface area (Å²) in [5, 5.41) is 3.44. The lowest BCUT2D eigenvalue weighted by atomic mass is 10.1. The largest absolute Gasteiger partial charge is 0.379 e. The number of unbranched alkanes of at least 4 members (excludes halogenated alkanes) is 1. The van der Waals surface area contributed by atoms with Crippen molar-refractivity contribution in [2.75, 3.05) is 13.2 Å². The van der Waals surface area contributed by atoms with Crippen LogP contribution in [0.2, 0.25) is 0 Å². The van der Waals surface area contributed by atoms with E-state index in [2.05, 4.69) is 28.2 Å². The van der Waals surface area contributed by atoms with Crippen molar-refractivity contribution in [3.63, 3.8) is 0 Å². The highest BCUT2D eigenvalue weighted by Gasteiger charge is 2.09. The molecule has 19 heavy (non-hydrogen) atoms. The fourth-order valence-corrected chi connectivity index (χ4v) is 2.52. The molecule has 0 aliphatic heterocycles. The van der Waals surface area contributed by atoms with Crippen molar-refractivity contribution in [2.24, 2.45) is 0 Å². The molecule has 0 saturated carbocycles. The summed E-state index contributed by atoms with van der Waals surface area (Å²) < 4.78 is 19.3. The second-order valence-corrected chi connectivity index (χ2v) is 5.82. The molecule has 0 fully saturated rings. The van der Waals surface area contributed by atoms with Crippen LogP contribution in [0.5, 0.6) is 0 Å². The maximum Gasteiger partial charge on any atom is 0.124 e. The van der Waals surface area contributed by atoms with Crippen molar-refractivity contribution in [2.45, 2.75) is 45.8 Å². The van der Waals surface area contributed by atoms with Gasteiger partial charge in [-0.15, -0.1) is 0 Å². The quantitative estimate of drug-likeness (QED) is 0.711. The maximum absolute atomic E-state index is 13.0. The zero-order chi connectivity index (χ0) is 14.3. The Labute approximate surface area is 123 Å². The Bertz CT molecular complexity index is 384. The Balaban J connectivity index is 2.25. The fourth-order valence-electron chi connectivity index (χ4n) is 1.83. The normalized spacial score (nSPS) is 12.9. The summed E-state index contributed by atoms with van der Waals surface area (Å²) in [6, 6.07) is 5.03. The molecule has 2 nitrogen and oxygen atoms in total. The summed E-state index contributed by atoms with van der Waals surface area (Å²) in [4.78, 5) is 0. The number of benzene rings is 1. The fraction of sp³-hybridized carbons (Fsp3) is 0.600. The summed E-state index contributed by atoms with van der Waals surface area (Å²) in [5.41, 5.74) is 1.08. The van der Waals surface area contributed by atoms with Gasteiger partial charge in [0, 0.05) is 17.1 Å². The van der Waals surface area contributed by atoms with Gasteiger partial charge >= 0.3 is 0 Å². The van der Waals surface area contributed by atoms with E-state index in [1.165, 1.54) is 12.1 Å². The third kappa shape index (κ3) is 6.50. The van der Waals surface area contributed by atoms with Crippen molar-refractivity contribution >= 4 is 15.9 Å². The van der Waals surface area contributed by atoms with Crippen LogP contribution in [0.1, 0.15) is 45.2 Å². The van der Waals surface area contributed by atoms with Gasteiger partial charge in [0.1, 0.15) is 5.82 Å². The molecular weight excluding hydrogens is 309 g/mol. The SMILES string of the molecule is CC(C)OCCCCNC(C)c1ccc(F)cc1Br. The monoisotopic (exact) mass is 331 g/mol. The minimum Gasteiger partial charge on any atom is -0.379 e. The Kier molecular flexibility index (Phi) is 7.57. The molecule has 0 bridgehead atoms. The summed E-state index contributed by atoms with van der Waals surface area (Å²) in [6.45, 7) is 7.93. The molecule has 0 saturated heterocycles. The number of rotatable bonds is 8. The van der Waals surface area contributed by atoms with E-state index in [-0.39, 0.29) is 11.9 Å². The molecule has 1 aromatic carbocycles. The molecule has 0 aromatic heterocycles. The third-order valence-electron chi connectivity index (χ3n) is 2.90. The molecule has 0 aliphatic carbocycles. The van der Waals surface area contributed by atoms with Gasteiger partial charge in [-0.25, -0.2) is 4.39 Å². The highest BCUT2D eigenvalue weighted by molar-refractivity contribution is 9.10. The first kappa shape index (κ1) is 16.6. The third-order valence-corrected chi connectivity index (χ3v) is 3.59. The van der Waals surface area contributed by atoms with Gasteiger partial charge in [0.15, 0.2) is 0 Å². The predicted octanol–water partition coefficient (Wildman–Crippen LogP) is 4.44. The zero-order valence-electron chi connectivity index (χ0n) is 11.9. The van der Waals surface area contributed by atoms with E-state index >= 15 is 0 Å². The lowest BCUT2D eigenvalue weighted by Gasteiger charge is -2.16. The van der Waals surface area contributed by atoms with Gasteiger partial charge in [0.05, 0.1) is 6.10 Å². The van der Waals surface area contributed by atoms with Crippen LogP contribution >= 0.6 is 15.9 Å². The highest BCUT2D eigenvalue weighted by atomic mass is 79.9. The van der Waals surface area contributed by atoms with E-state index in [0.717, 1.165) is 36.0 Å². The van der Waals surface area contributed by atoms with Gasteiger partial charge in [0.2, 0.25) is 0 Å². The van der Waals surface area contributed by atoms with E-state index in [9.17, 15) is 4.39 Å². The summed E-state index contributed by atoms with van der Waals surface area (Å²) in [6.07, 6.45) is 2.44. The number of ether oxygens (including phenoxy) is 1. The average molecular weight is 332 g/mol. The van der Waals surface area contributed by atoms with Gasteiger partial charge in [-0.2, -0.15) is 0 Å². The van der Waals surface area contributed by atoms with Crippen LogP contribution in [0, 0.1) is 5.82 Å². The smallest absolute Gasteiger partial charge is 0.124 e. The van der Waals surface area contributed by atoms with Gasteiger partial charge in [-0.05, 0) is 57.9 Å². The van der Waals surface area contributed by atoms with E-state index in [0.29, 0.717) is 6.10 Å². The zero-order valence-corrected chi connectivity index (χ0v) is 13.5. The van der Waals surface area contributed by atoms with Gasteiger partial charge < -0.3 is 10.1 Å². The van der Waals surface area contributed by atoms with Crippen LogP contribution in [-0.2, 0) is 4.74 Å².